The first-order valence-corrected chi connectivity index (χ1v) is 12.8. The van der Waals surface area contributed by atoms with E-state index in [1.165, 1.54) is 6.07 Å². The standard InChI is InChI=1S/C25H25FN2O5S/c1-3-25(32)18-9-21-23-16(11-28(21)24(31)14(18)4-5-22(25)30)17(12-34(33)7-6-29)15-8-13(2)19(26)10-20(15)27-23/h8-10,29,32H,3-7,11-12H2,1-2H3/t25-,34-/m0/s1. The molecule has 1 aliphatic heterocycles. The second kappa shape index (κ2) is 8.18. The van der Waals surface area contributed by atoms with Crippen molar-refractivity contribution < 1.29 is 23.6 Å². The van der Waals surface area contributed by atoms with E-state index in [0.717, 1.165) is 5.56 Å². The van der Waals surface area contributed by atoms with Crippen LogP contribution in [-0.4, -0.2) is 42.1 Å². The van der Waals surface area contributed by atoms with Gasteiger partial charge in [-0.1, -0.05) is 6.92 Å². The molecule has 0 spiro atoms. The van der Waals surface area contributed by atoms with E-state index in [0.29, 0.717) is 44.5 Å². The van der Waals surface area contributed by atoms with E-state index >= 15 is 0 Å². The van der Waals surface area contributed by atoms with Crippen LogP contribution in [0.25, 0.3) is 22.3 Å². The molecule has 2 aliphatic rings. The predicted octanol–water partition coefficient (Wildman–Crippen LogP) is 2.23. The summed E-state index contributed by atoms with van der Waals surface area (Å²) in [4.78, 5) is 30.7. The number of ketones is 1. The largest absolute Gasteiger partial charge is 0.395 e. The van der Waals surface area contributed by atoms with E-state index in [4.69, 9.17) is 0 Å². The number of hydrogen-bond donors (Lipinski definition) is 2. The number of Topliss-reactive ketones (excluding diaryl/α,β-unsaturated/α-hetero) is 1. The maximum absolute atomic E-state index is 14.4. The van der Waals surface area contributed by atoms with Gasteiger partial charge in [0.2, 0.25) is 0 Å². The Labute approximate surface area is 197 Å². The number of aromatic nitrogens is 2. The van der Waals surface area contributed by atoms with E-state index in [1.54, 1.807) is 30.5 Å². The molecule has 0 unspecified atom stereocenters. The maximum atomic E-state index is 14.4. The molecule has 0 bridgehead atoms. The highest BCUT2D eigenvalue weighted by Gasteiger charge is 2.43. The number of carbonyl (C=O) groups excluding carboxylic acids is 1. The lowest BCUT2D eigenvalue weighted by molar-refractivity contribution is -0.140. The van der Waals surface area contributed by atoms with Crippen LogP contribution in [0, 0.1) is 12.7 Å². The number of benzene rings is 1. The topological polar surface area (TPSA) is 109 Å². The summed E-state index contributed by atoms with van der Waals surface area (Å²) < 4.78 is 28.6. The summed E-state index contributed by atoms with van der Waals surface area (Å²) in [7, 11) is -1.37. The number of carbonyl (C=O) groups is 1. The molecule has 3 aromatic rings. The van der Waals surface area contributed by atoms with Crippen molar-refractivity contribution in [1.29, 1.82) is 0 Å². The third-order valence-corrected chi connectivity index (χ3v) is 8.34. The van der Waals surface area contributed by atoms with Gasteiger partial charge in [-0.05, 0) is 43.0 Å². The molecule has 0 saturated carbocycles. The fourth-order valence-corrected chi connectivity index (χ4v) is 6.17. The molecule has 0 amide bonds. The maximum Gasteiger partial charge on any atom is 0.254 e. The van der Waals surface area contributed by atoms with E-state index in [1.807, 2.05) is 0 Å². The number of aliphatic hydroxyl groups excluding tert-OH is 1. The van der Waals surface area contributed by atoms with Gasteiger partial charge < -0.3 is 14.8 Å². The van der Waals surface area contributed by atoms with Gasteiger partial charge >= 0.3 is 0 Å². The lowest BCUT2D eigenvalue weighted by Crippen LogP contribution is -2.43. The summed E-state index contributed by atoms with van der Waals surface area (Å²) in [5, 5.41) is 21.0. The predicted molar refractivity (Wildman–Crippen MR) is 127 cm³/mol. The molecular weight excluding hydrogens is 459 g/mol. The van der Waals surface area contributed by atoms with Crippen molar-refractivity contribution in [3.63, 3.8) is 0 Å². The number of rotatable bonds is 5. The first-order chi connectivity index (χ1) is 16.2. The molecule has 7 nitrogen and oxygen atoms in total. The van der Waals surface area contributed by atoms with Crippen molar-refractivity contribution >= 4 is 27.5 Å². The number of aryl methyl sites for hydroxylation is 1. The second-order valence-electron chi connectivity index (χ2n) is 9.00. The van der Waals surface area contributed by atoms with Crippen LogP contribution in [0.1, 0.15) is 47.6 Å². The Morgan fingerprint density at radius 2 is 1.97 bits per heavy atom. The highest BCUT2D eigenvalue weighted by Crippen LogP contribution is 2.41. The average Bonchev–Trinajstić information content (AvgIpc) is 3.17. The molecule has 2 atom stereocenters. The first kappa shape index (κ1) is 23.0. The molecule has 1 aliphatic carbocycles. The molecule has 0 fully saturated rings. The molecule has 178 valence electrons. The molecule has 2 N–H and O–H groups in total. The fraction of sp³-hybridized carbons (Fsp3) is 0.400. The van der Waals surface area contributed by atoms with Crippen LogP contribution in [0.2, 0.25) is 0 Å². The fourth-order valence-electron chi connectivity index (χ4n) is 5.17. The third kappa shape index (κ3) is 3.29. The molecule has 2 aromatic heterocycles. The highest BCUT2D eigenvalue weighted by molar-refractivity contribution is 7.84. The van der Waals surface area contributed by atoms with Crippen molar-refractivity contribution in [3.8, 4) is 11.4 Å². The summed E-state index contributed by atoms with van der Waals surface area (Å²) in [6, 6.07) is 4.67. The van der Waals surface area contributed by atoms with Crippen LogP contribution in [0.5, 0.6) is 0 Å². The Morgan fingerprint density at radius 1 is 1.21 bits per heavy atom. The van der Waals surface area contributed by atoms with Gasteiger partial charge in [0.15, 0.2) is 5.78 Å². The molecule has 1 aromatic carbocycles. The summed E-state index contributed by atoms with van der Waals surface area (Å²) in [5.74, 6) is -0.498. The van der Waals surface area contributed by atoms with E-state index in [2.05, 4.69) is 4.98 Å². The van der Waals surface area contributed by atoms with Crippen LogP contribution in [0.15, 0.2) is 23.0 Å². The summed E-state index contributed by atoms with van der Waals surface area (Å²) in [5.41, 5.74) is 1.88. The molecule has 0 radical (unpaired) electrons. The minimum absolute atomic E-state index is 0.102. The van der Waals surface area contributed by atoms with E-state index in [9.17, 15) is 28.4 Å². The molecule has 3 heterocycles. The summed E-state index contributed by atoms with van der Waals surface area (Å²) in [6.07, 6.45) is 0.514. The first-order valence-electron chi connectivity index (χ1n) is 11.3. The number of halogens is 1. The third-order valence-electron chi connectivity index (χ3n) is 7.09. The van der Waals surface area contributed by atoms with Crippen LogP contribution in [0.3, 0.4) is 0 Å². The van der Waals surface area contributed by atoms with Crippen molar-refractivity contribution in [3.05, 3.63) is 62.2 Å². The number of aliphatic hydroxyl groups is 2. The second-order valence-corrected chi connectivity index (χ2v) is 10.6. The van der Waals surface area contributed by atoms with Gasteiger partial charge in [-0.25, -0.2) is 9.37 Å². The normalized spacial score (nSPS) is 19.7. The number of fused-ring (bicyclic) bond motifs is 5. The lowest BCUT2D eigenvalue weighted by atomic mass is 9.77. The van der Waals surface area contributed by atoms with Crippen molar-refractivity contribution in [2.45, 2.75) is 51.0 Å². The van der Waals surface area contributed by atoms with Crippen LogP contribution < -0.4 is 5.56 Å². The Bertz CT molecular complexity index is 1460. The van der Waals surface area contributed by atoms with Crippen molar-refractivity contribution in [2.75, 3.05) is 12.4 Å². The van der Waals surface area contributed by atoms with Gasteiger partial charge in [0, 0.05) is 56.9 Å². The zero-order chi connectivity index (χ0) is 24.4. The van der Waals surface area contributed by atoms with Gasteiger partial charge in [-0.2, -0.15) is 0 Å². The summed E-state index contributed by atoms with van der Waals surface area (Å²) in [6.45, 7) is 3.34. The van der Waals surface area contributed by atoms with Gasteiger partial charge in [0.1, 0.15) is 11.4 Å². The van der Waals surface area contributed by atoms with Crippen molar-refractivity contribution in [1.82, 2.24) is 9.55 Å². The van der Waals surface area contributed by atoms with E-state index in [-0.39, 0.29) is 55.3 Å². The molecule has 34 heavy (non-hydrogen) atoms. The van der Waals surface area contributed by atoms with Gasteiger partial charge in [-0.15, -0.1) is 0 Å². The minimum atomic E-state index is -1.73. The minimum Gasteiger partial charge on any atom is -0.395 e. The Morgan fingerprint density at radius 3 is 2.68 bits per heavy atom. The number of pyridine rings is 2. The van der Waals surface area contributed by atoms with Crippen LogP contribution in [0.4, 0.5) is 4.39 Å². The van der Waals surface area contributed by atoms with Crippen molar-refractivity contribution in [2.24, 2.45) is 0 Å². The Kier molecular flexibility index (Phi) is 5.54. The molecule has 9 heteroatoms. The summed E-state index contributed by atoms with van der Waals surface area (Å²) >= 11 is 0. The van der Waals surface area contributed by atoms with Gasteiger partial charge in [0.25, 0.3) is 5.56 Å². The SMILES string of the molecule is CC[C@@]1(O)C(=O)CCc2c1cc1n(c2=O)Cc2c-1nc1cc(F)c(C)cc1c2C[S@@](=O)CCO. The zero-order valence-electron chi connectivity index (χ0n) is 19.0. The van der Waals surface area contributed by atoms with Crippen LogP contribution in [-0.2, 0) is 39.9 Å². The molecular formula is C25H25FN2O5S. The van der Waals surface area contributed by atoms with Crippen LogP contribution >= 0.6 is 0 Å². The molecule has 0 saturated heterocycles. The number of hydrogen-bond acceptors (Lipinski definition) is 6. The average molecular weight is 485 g/mol. The van der Waals surface area contributed by atoms with Gasteiger partial charge in [-0.3, -0.25) is 13.8 Å². The smallest absolute Gasteiger partial charge is 0.254 e. The number of nitrogens with zero attached hydrogens (tertiary/aromatic N) is 2. The van der Waals surface area contributed by atoms with Gasteiger partial charge in [0.05, 0.1) is 30.1 Å². The Balaban J connectivity index is 1.80. The van der Waals surface area contributed by atoms with E-state index < -0.39 is 22.2 Å². The highest BCUT2D eigenvalue weighted by atomic mass is 32.2. The quantitative estimate of drug-likeness (QED) is 0.450. The lowest BCUT2D eigenvalue weighted by Gasteiger charge is -2.32. The Hall–Kier alpha value is -2.75. The monoisotopic (exact) mass is 484 g/mol. The molecule has 5 rings (SSSR count). The zero-order valence-corrected chi connectivity index (χ0v) is 19.8.